The topological polar surface area (TPSA) is 72.3 Å². The predicted octanol–water partition coefficient (Wildman–Crippen LogP) is 2.82. The molecule has 7 nitrogen and oxygen atoms in total. The molecule has 0 bridgehead atoms. The van der Waals surface area contributed by atoms with Crippen LogP contribution in [0.5, 0.6) is 0 Å². The molecule has 3 saturated heterocycles. The standard InChI is InChI=1S/C24H27N5O2/c30-24(28-14-18-11-25-13-20(18)22(28)16-4-2-1-3-5-16)17-10-21-23(26-12-17)29(15-27-21)19-6-8-31-9-7-19/h1-5,10,12,15,18-20,22,25H,6-9,11,13-14H2/t18-,20-,22+/m0/s1. The van der Waals surface area contributed by atoms with E-state index in [1.165, 1.54) is 5.56 Å². The van der Waals surface area contributed by atoms with Crippen molar-refractivity contribution in [2.45, 2.75) is 24.9 Å². The van der Waals surface area contributed by atoms with Crippen LogP contribution in [0.15, 0.2) is 48.9 Å². The largest absolute Gasteiger partial charge is 0.381 e. The van der Waals surface area contributed by atoms with Crippen LogP contribution >= 0.6 is 0 Å². The number of ether oxygens (including phenoxy) is 1. The fourth-order valence-corrected chi connectivity index (χ4v) is 5.64. The number of rotatable bonds is 3. The summed E-state index contributed by atoms with van der Waals surface area (Å²) < 4.78 is 7.63. The first-order valence-electron chi connectivity index (χ1n) is 11.3. The van der Waals surface area contributed by atoms with Crippen LogP contribution in [0, 0.1) is 11.8 Å². The van der Waals surface area contributed by atoms with Crippen LogP contribution in [-0.2, 0) is 4.74 Å². The molecule has 3 atom stereocenters. The summed E-state index contributed by atoms with van der Waals surface area (Å²) in [6, 6.07) is 12.8. The van der Waals surface area contributed by atoms with Gasteiger partial charge in [0.2, 0.25) is 0 Å². The number of fused-ring (bicyclic) bond motifs is 2. The minimum absolute atomic E-state index is 0.0540. The summed E-state index contributed by atoms with van der Waals surface area (Å²) >= 11 is 0. The Hall–Kier alpha value is -2.77. The van der Waals surface area contributed by atoms with Crippen molar-refractivity contribution in [2.24, 2.45) is 11.8 Å². The van der Waals surface area contributed by atoms with E-state index in [0.717, 1.165) is 56.9 Å². The number of amides is 1. The Morgan fingerprint density at radius 2 is 1.94 bits per heavy atom. The molecule has 0 unspecified atom stereocenters. The molecule has 0 aliphatic carbocycles. The third kappa shape index (κ3) is 3.23. The minimum Gasteiger partial charge on any atom is -0.381 e. The quantitative estimate of drug-likeness (QED) is 0.710. The Kier molecular flexibility index (Phi) is 4.73. The molecule has 31 heavy (non-hydrogen) atoms. The normalized spacial score (nSPS) is 26.5. The Morgan fingerprint density at radius 3 is 2.77 bits per heavy atom. The zero-order valence-corrected chi connectivity index (χ0v) is 17.5. The number of hydrogen-bond donors (Lipinski definition) is 1. The van der Waals surface area contributed by atoms with Crippen LogP contribution in [0.4, 0.5) is 0 Å². The van der Waals surface area contributed by atoms with Gasteiger partial charge in [0, 0.05) is 51.0 Å². The van der Waals surface area contributed by atoms with Crippen LogP contribution < -0.4 is 5.32 Å². The van der Waals surface area contributed by atoms with E-state index >= 15 is 0 Å². The Morgan fingerprint density at radius 1 is 1.10 bits per heavy atom. The van der Waals surface area contributed by atoms with Crippen molar-refractivity contribution in [3.63, 3.8) is 0 Å². The molecule has 160 valence electrons. The zero-order chi connectivity index (χ0) is 20.8. The highest BCUT2D eigenvalue weighted by Gasteiger charge is 2.46. The smallest absolute Gasteiger partial charge is 0.256 e. The number of imidazole rings is 1. The van der Waals surface area contributed by atoms with E-state index in [2.05, 4.69) is 49.0 Å². The molecule has 0 spiro atoms. The van der Waals surface area contributed by atoms with E-state index in [1.807, 2.05) is 18.5 Å². The minimum atomic E-state index is 0.0540. The van der Waals surface area contributed by atoms with Gasteiger partial charge in [-0.3, -0.25) is 4.79 Å². The SMILES string of the molecule is O=C(c1cnc2c(c1)ncn2C1CCOCC1)N1C[C@@H]2CNC[C@@H]2[C@H]1c1ccccc1. The van der Waals surface area contributed by atoms with Gasteiger partial charge in [-0.25, -0.2) is 9.97 Å². The highest BCUT2D eigenvalue weighted by atomic mass is 16.5. The van der Waals surface area contributed by atoms with Gasteiger partial charge >= 0.3 is 0 Å². The number of carbonyl (C=O) groups is 1. The highest BCUT2D eigenvalue weighted by Crippen LogP contribution is 2.43. The molecule has 5 heterocycles. The van der Waals surface area contributed by atoms with Gasteiger partial charge in [0.25, 0.3) is 5.91 Å². The summed E-state index contributed by atoms with van der Waals surface area (Å²) in [5.74, 6) is 1.01. The number of nitrogens with one attached hydrogen (secondary N) is 1. The maximum Gasteiger partial charge on any atom is 0.256 e. The van der Waals surface area contributed by atoms with Crippen LogP contribution in [0.25, 0.3) is 11.2 Å². The molecule has 3 aromatic rings. The number of hydrogen-bond acceptors (Lipinski definition) is 5. The number of aromatic nitrogens is 3. The fourth-order valence-electron chi connectivity index (χ4n) is 5.64. The molecule has 6 rings (SSSR count). The van der Waals surface area contributed by atoms with E-state index < -0.39 is 0 Å². The first-order valence-corrected chi connectivity index (χ1v) is 11.3. The monoisotopic (exact) mass is 417 g/mol. The lowest BCUT2D eigenvalue weighted by Crippen LogP contribution is -2.34. The fraction of sp³-hybridized carbons (Fsp3) is 0.458. The van der Waals surface area contributed by atoms with Crippen molar-refractivity contribution >= 4 is 17.1 Å². The number of carbonyl (C=O) groups excluding carboxylic acids is 1. The second-order valence-electron chi connectivity index (χ2n) is 8.96. The Labute approximate surface area is 181 Å². The maximum absolute atomic E-state index is 13.6. The first kappa shape index (κ1) is 19.0. The second kappa shape index (κ2) is 7.73. The lowest BCUT2D eigenvalue weighted by Gasteiger charge is -2.28. The third-order valence-corrected chi connectivity index (χ3v) is 7.21. The number of nitrogens with zero attached hydrogens (tertiary/aromatic N) is 4. The molecule has 3 fully saturated rings. The van der Waals surface area contributed by atoms with Crippen molar-refractivity contribution in [3.8, 4) is 0 Å². The van der Waals surface area contributed by atoms with Crippen molar-refractivity contribution in [1.82, 2.24) is 24.8 Å². The number of pyridine rings is 1. The predicted molar refractivity (Wildman–Crippen MR) is 117 cm³/mol. The van der Waals surface area contributed by atoms with Crippen LogP contribution in [-0.4, -0.2) is 58.2 Å². The van der Waals surface area contributed by atoms with Crippen molar-refractivity contribution in [1.29, 1.82) is 0 Å². The maximum atomic E-state index is 13.6. The summed E-state index contributed by atoms with van der Waals surface area (Å²) in [4.78, 5) is 24.9. The molecule has 2 aromatic heterocycles. The molecule has 3 aliphatic heterocycles. The van der Waals surface area contributed by atoms with Gasteiger partial charge in [-0.2, -0.15) is 0 Å². The zero-order valence-electron chi connectivity index (χ0n) is 17.5. The molecular weight excluding hydrogens is 390 g/mol. The van der Waals surface area contributed by atoms with Crippen molar-refractivity contribution < 1.29 is 9.53 Å². The van der Waals surface area contributed by atoms with Crippen LogP contribution in [0.3, 0.4) is 0 Å². The number of likely N-dealkylation sites (tertiary alicyclic amines) is 1. The lowest BCUT2D eigenvalue weighted by atomic mass is 9.89. The van der Waals surface area contributed by atoms with Crippen molar-refractivity contribution in [2.75, 3.05) is 32.8 Å². The number of benzene rings is 1. The van der Waals surface area contributed by atoms with Gasteiger partial charge in [-0.15, -0.1) is 0 Å². The van der Waals surface area contributed by atoms with E-state index in [1.54, 1.807) is 6.20 Å². The second-order valence-corrected chi connectivity index (χ2v) is 8.96. The average molecular weight is 418 g/mol. The summed E-state index contributed by atoms with van der Waals surface area (Å²) in [7, 11) is 0. The van der Waals surface area contributed by atoms with E-state index in [9.17, 15) is 4.79 Å². The van der Waals surface area contributed by atoms with E-state index in [-0.39, 0.29) is 11.9 Å². The highest BCUT2D eigenvalue weighted by molar-refractivity contribution is 5.96. The van der Waals surface area contributed by atoms with Gasteiger partial charge in [-0.05, 0) is 30.4 Å². The Bertz CT molecular complexity index is 1090. The molecule has 3 aliphatic rings. The molecule has 0 radical (unpaired) electrons. The van der Waals surface area contributed by atoms with Crippen LogP contribution in [0.2, 0.25) is 0 Å². The molecule has 7 heteroatoms. The lowest BCUT2D eigenvalue weighted by molar-refractivity contribution is 0.0704. The Balaban J connectivity index is 1.31. The first-order chi connectivity index (χ1) is 15.3. The van der Waals surface area contributed by atoms with Crippen LogP contribution in [0.1, 0.15) is 40.8 Å². The average Bonchev–Trinajstić information content (AvgIpc) is 3.53. The van der Waals surface area contributed by atoms with Gasteiger partial charge in [0.15, 0.2) is 5.65 Å². The van der Waals surface area contributed by atoms with Crippen molar-refractivity contribution in [3.05, 3.63) is 60.0 Å². The summed E-state index contributed by atoms with van der Waals surface area (Å²) in [6.07, 6.45) is 5.53. The third-order valence-electron chi connectivity index (χ3n) is 7.21. The summed E-state index contributed by atoms with van der Waals surface area (Å²) in [5.41, 5.74) is 3.48. The van der Waals surface area contributed by atoms with Gasteiger partial charge in [0.05, 0.1) is 17.9 Å². The van der Waals surface area contributed by atoms with Gasteiger partial charge in [-0.1, -0.05) is 30.3 Å². The molecule has 1 aromatic carbocycles. The van der Waals surface area contributed by atoms with Gasteiger partial charge in [0.1, 0.15) is 5.52 Å². The molecular formula is C24H27N5O2. The molecule has 1 amide bonds. The molecule has 0 saturated carbocycles. The van der Waals surface area contributed by atoms with E-state index in [4.69, 9.17) is 4.74 Å². The van der Waals surface area contributed by atoms with Gasteiger partial charge < -0.3 is 19.5 Å². The molecule has 1 N–H and O–H groups in total. The van der Waals surface area contributed by atoms with E-state index in [0.29, 0.717) is 23.4 Å². The summed E-state index contributed by atoms with van der Waals surface area (Å²) in [6.45, 7) is 4.26. The summed E-state index contributed by atoms with van der Waals surface area (Å²) in [5, 5.41) is 3.51.